The first-order chi connectivity index (χ1) is 7.00. The van der Waals surface area contributed by atoms with Crippen LogP contribution < -0.4 is 0 Å². The molecule has 1 N–H and O–H groups in total. The molecule has 0 spiro atoms. The van der Waals surface area contributed by atoms with Crippen molar-refractivity contribution < 1.29 is 14.7 Å². The highest BCUT2D eigenvalue weighted by molar-refractivity contribution is 9.10. The van der Waals surface area contributed by atoms with Crippen LogP contribution in [-0.2, 0) is 16.1 Å². The van der Waals surface area contributed by atoms with Crippen molar-refractivity contribution in [1.82, 2.24) is 4.90 Å². The summed E-state index contributed by atoms with van der Waals surface area (Å²) in [6, 6.07) is 7.36. The fourth-order valence-electron chi connectivity index (χ4n) is 1.14. The third-order valence-electron chi connectivity index (χ3n) is 1.84. The maximum absolute atomic E-state index is 11.0. The van der Waals surface area contributed by atoms with Crippen LogP contribution in [0.25, 0.3) is 0 Å². The van der Waals surface area contributed by atoms with Crippen LogP contribution in [0.3, 0.4) is 0 Å². The quantitative estimate of drug-likeness (QED) is 0.830. The molecule has 0 saturated heterocycles. The molecule has 1 aromatic carbocycles. The van der Waals surface area contributed by atoms with Crippen molar-refractivity contribution in [3.8, 4) is 0 Å². The minimum Gasteiger partial charge on any atom is -0.474 e. The highest BCUT2D eigenvalue weighted by Gasteiger charge is 2.16. The largest absolute Gasteiger partial charge is 0.474 e. The van der Waals surface area contributed by atoms with E-state index in [-0.39, 0.29) is 6.54 Å². The number of carboxylic acids is 1. The highest BCUT2D eigenvalue weighted by Crippen LogP contribution is 2.12. The lowest BCUT2D eigenvalue weighted by Crippen LogP contribution is -2.32. The molecule has 4 nitrogen and oxygen atoms in total. The van der Waals surface area contributed by atoms with Gasteiger partial charge in [0.2, 0.25) is 0 Å². The Bertz CT molecular complexity index is 392. The first-order valence-corrected chi connectivity index (χ1v) is 5.03. The number of aliphatic carboxylic acids is 1. The number of likely N-dealkylation sites (N-methyl/N-ethyl adjacent to an activating group) is 1. The van der Waals surface area contributed by atoms with E-state index in [1.54, 1.807) is 0 Å². The number of carboxylic acid groups (broad SMARTS) is 1. The zero-order valence-electron chi connectivity index (χ0n) is 8.11. The molecule has 0 aliphatic heterocycles. The van der Waals surface area contributed by atoms with Crippen LogP contribution in [0.4, 0.5) is 0 Å². The topological polar surface area (TPSA) is 57.6 Å². The number of hydrogen-bond donors (Lipinski definition) is 1. The fourth-order valence-corrected chi connectivity index (χ4v) is 1.59. The minimum atomic E-state index is -1.44. The third-order valence-corrected chi connectivity index (χ3v) is 2.33. The predicted molar refractivity (Wildman–Crippen MR) is 58.3 cm³/mol. The molecular formula is C10H10BrNO3. The fraction of sp³-hybridized carbons (Fsp3) is 0.200. The maximum Gasteiger partial charge on any atom is 0.394 e. The van der Waals surface area contributed by atoms with Gasteiger partial charge in [0.05, 0.1) is 0 Å². The van der Waals surface area contributed by atoms with Crippen molar-refractivity contribution in [1.29, 1.82) is 0 Å². The Morgan fingerprint density at radius 1 is 1.47 bits per heavy atom. The average molecular weight is 272 g/mol. The van der Waals surface area contributed by atoms with Gasteiger partial charge in [0, 0.05) is 18.1 Å². The predicted octanol–water partition coefficient (Wildman–Crippen LogP) is 1.49. The van der Waals surface area contributed by atoms with Crippen molar-refractivity contribution in [2.75, 3.05) is 7.05 Å². The van der Waals surface area contributed by atoms with Crippen molar-refractivity contribution >= 4 is 27.8 Å². The molecule has 1 rings (SSSR count). The number of nitrogens with zero attached hydrogens (tertiary/aromatic N) is 1. The molecule has 15 heavy (non-hydrogen) atoms. The van der Waals surface area contributed by atoms with Crippen LogP contribution in [0.15, 0.2) is 28.7 Å². The Labute approximate surface area is 95.6 Å². The number of benzene rings is 1. The van der Waals surface area contributed by atoms with Crippen LogP contribution >= 0.6 is 15.9 Å². The minimum absolute atomic E-state index is 0.282. The molecule has 0 heterocycles. The molecule has 0 radical (unpaired) electrons. The van der Waals surface area contributed by atoms with Gasteiger partial charge in [-0.2, -0.15) is 0 Å². The van der Waals surface area contributed by atoms with Crippen LogP contribution in [0.2, 0.25) is 0 Å². The monoisotopic (exact) mass is 271 g/mol. The molecule has 0 atom stereocenters. The highest BCUT2D eigenvalue weighted by atomic mass is 79.9. The number of hydrogen-bond acceptors (Lipinski definition) is 2. The van der Waals surface area contributed by atoms with Crippen molar-refractivity contribution in [2.45, 2.75) is 6.54 Å². The van der Waals surface area contributed by atoms with E-state index in [1.165, 1.54) is 7.05 Å². The molecule has 5 heteroatoms. The number of halogens is 1. The molecule has 1 amide bonds. The summed E-state index contributed by atoms with van der Waals surface area (Å²) < 4.78 is 0.899. The SMILES string of the molecule is CN(Cc1cccc(Br)c1)C(=O)C(=O)O. The van der Waals surface area contributed by atoms with E-state index in [0.717, 1.165) is 14.9 Å². The Morgan fingerprint density at radius 3 is 2.67 bits per heavy atom. The lowest BCUT2D eigenvalue weighted by atomic mass is 10.2. The molecule has 0 aromatic heterocycles. The maximum atomic E-state index is 11.0. The number of carbonyl (C=O) groups is 2. The van der Waals surface area contributed by atoms with E-state index in [0.29, 0.717) is 0 Å². The summed E-state index contributed by atoms with van der Waals surface area (Å²) in [5.41, 5.74) is 0.876. The van der Waals surface area contributed by atoms with Crippen LogP contribution in [0.1, 0.15) is 5.56 Å². The lowest BCUT2D eigenvalue weighted by molar-refractivity contribution is -0.155. The van der Waals surface area contributed by atoms with E-state index in [4.69, 9.17) is 5.11 Å². The molecule has 0 unspecified atom stereocenters. The Balaban J connectivity index is 2.70. The van der Waals surface area contributed by atoms with Crippen molar-refractivity contribution in [3.05, 3.63) is 34.3 Å². The Hall–Kier alpha value is -1.36. The second-order valence-electron chi connectivity index (χ2n) is 3.10. The standard InChI is InChI=1S/C10H10BrNO3/c1-12(9(13)10(14)15)6-7-3-2-4-8(11)5-7/h2-5H,6H2,1H3,(H,14,15). The van der Waals surface area contributed by atoms with Crippen LogP contribution in [0, 0.1) is 0 Å². The van der Waals surface area contributed by atoms with Gasteiger partial charge in [-0.1, -0.05) is 28.1 Å². The summed E-state index contributed by atoms with van der Waals surface area (Å²) in [7, 11) is 1.46. The van der Waals surface area contributed by atoms with E-state index >= 15 is 0 Å². The van der Waals surface area contributed by atoms with E-state index < -0.39 is 11.9 Å². The van der Waals surface area contributed by atoms with E-state index in [1.807, 2.05) is 24.3 Å². The Kier molecular flexibility index (Phi) is 3.85. The molecule has 0 saturated carbocycles. The molecule has 1 aromatic rings. The van der Waals surface area contributed by atoms with Gasteiger partial charge in [0.15, 0.2) is 0 Å². The smallest absolute Gasteiger partial charge is 0.394 e. The first-order valence-electron chi connectivity index (χ1n) is 4.23. The van der Waals surface area contributed by atoms with E-state index in [2.05, 4.69) is 15.9 Å². The summed E-state index contributed by atoms with van der Waals surface area (Å²) in [4.78, 5) is 22.6. The Morgan fingerprint density at radius 2 is 2.13 bits per heavy atom. The zero-order valence-corrected chi connectivity index (χ0v) is 9.69. The van der Waals surface area contributed by atoms with Gasteiger partial charge in [-0.05, 0) is 17.7 Å². The number of amides is 1. The van der Waals surface area contributed by atoms with E-state index in [9.17, 15) is 9.59 Å². The van der Waals surface area contributed by atoms with Crippen molar-refractivity contribution in [2.24, 2.45) is 0 Å². The van der Waals surface area contributed by atoms with Crippen molar-refractivity contribution in [3.63, 3.8) is 0 Å². The summed E-state index contributed by atoms with van der Waals surface area (Å²) in [5, 5.41) is 8.48. The molecule has 0 aliphatic carbocycles. The summed E-state index contributed by atoms with van der Waals surface area (Å²) in [6.07, 6.45) is 0. The second-order valence-corrected chi connectivity index (χ2v) is 4.01. The van der Waals surface area contributed by atoms with Crippen LogP contribution in [0.5, 0.6) is 0 Å². The normalized spacial score (nSPS) is 9.73. The molecule has 0 bridgehead atoms. The molecule has 80 valence electrons. The number of carbonyl (C=O) groups excluding carboxylic acids is 1. The average Bonchev–Trinajstić information content (AvgIpc) is 2.16. The van der Waals surface area contributed by atoms with Gasteiger partial charge in [-0.3, -0.25) is 4.79 Å². The second kappa shape index (κ2) is 4.93. The summed E-state index contributed by atoms with van der Waals surface area (Å²) in [6.45, 7) is 0.282. The molecule has 0 fully saturated rings. The van der Waals surface area contributed by atoms with Gasteiger partial charge < -0.3 is 10.0 Å². The van der Waals surface area contributed by atoms with Gasteiger partial charge in [-0.15, -0.1) is 0 Å². The van der Waals surface area contributed by atoms with Gasteiger partial charge in [0.1, 0.15) is 0 Å². The first kappa shape index (κ1) is 11.7. The number of rotatable bonds is 2. The third kappa shape index (κ3) is 3.36. The zero-order chi connectivity index (χ0) is 11.4. The molecular weight excluding hydrogens is 262 g/mol. The van der Waals surface area contributed by atoms with Gasteiger partial charge >= 0.3 is 11.9 Å². The summed E-state index contributed by atoms with van der Waals surface area (Å²) >= 11 is 3.30. The van der Waals surface area contributed by atoms with Crippen LogP contribution in [-0.4, -0.2) is 28.9 Å². The lowest BCUT2D eigenvalue weighted by Gasteiger charge is -2.14. The van der Waals surface area contributed by atoms with Gasteiger partial charge in [0.25, 0.3) is 0 Å². The van der Waals surface area contributed by atoms with Gasteiger partial charge in [-0.25, -0.2) is 4.79 Å². The summed E-state index contributed by atoms with van der Waals surface area (Å²) in [5.74, 6) is -2.34. The molecule has 0 aliphatic rings.